The number of benzene rings is 2. The van der Waals surface area contributed by atoms with Crippen molar-refractivity contribution >= 4 is 34.7 Å². The van der Waals surface area contributed by atoms with Gasteiger partial charge in [0.05, 0.1) is 0 Å². The Morgan fingerprint density at radius 3 is 2.58 bits per heavy atom. The van der Waals surface area contributed by atoms with Crippen molar-refractivity contribution in [3.8, 4) is 0 Å². The van der Waals surface area contributed by atoms with E-state index in [9.17, 15) is 14.4 Å². The predicted octanol–water partition coefficient (Wildman–Crippen LogP) is 2.00. The van der Waals surface area contributed by atoms with Crippen LogP contribution in [-0.4, -0.2) is 31.7 Å². The fourth-order valence-corrected chi connectivity index (χ4v) is 2.65. The van der Waals surface area contributed by atoms with Crippen LogP contribution >= 0.6 is 0 Å². The first-order valence-corrected chi connectivity index (χ1v) is 7.50. The molecule has 1 aliphatic rings. The normalized spacial score (nSPS) is 15.4. The van der Waals surface area contributed by atoms with Gasteiger partial charge in [0.25, 0.3) is 5.91 Å². The monoisotopic (exact) mass is 323 g/mol. The average Bonchev–Trinajstić information content (AvgIpc) is 2.90. The van der Waals surface area contributed by atoms with Gasteiger partial charge in [0.1, 0.15) is 5.92 Å². The smallest absolute Gasteiger partial charge is 0.292 e. The first-order valence-electron chi connectivity index (χ1n) is 7.50. The van der Waals surface area contributed by atoms with Gasteiger partial charge in [-0.2, -0.15) is 0 Å². The van der Waals surface area contributed by atoms with Crippen molar-refractivity contribution in [1.82, 2.24) is 0 Å². The highest BCUT2D eigenvalue weighted by Crippen LogP contribution is 2.33. The van der Waals surface area contributed by atoms with E-state index in [0.29, 0.717) is 16.9 Å². The maximum atomic E-state index is 12.5. The molecule has 0 fully saturated rings. The van der Waals surface area contributed by atoms with E-state index in [2.05, 4.69) is 10.6 Å². The van der Waals surface area contributed by atoms with Crippen molar-refractivity contribution in [3.63, 3.8) is 0 Å². The molecule has 6 nitrogen and oxygen atoms in total. The Morgan fingerprint density at radius 1 is 1.08 bits per heavy atom. The lowest BCUT2D eigenvalue weighted by molar-refractivity contribution is -0.138. The summed E-state index contributed by atoms with van der Waals surface area (Å²) in [4.78, 5) is 38.7. The van der Waals surface area contributed by atoms with Gasteiger partial charge < -0.3 is 15.5 Å². The molecule has 0 radical (unpaired) electrons. The molecule has 6 heteroatoms. The van der Waals surface area contributed by atoms with Gasteiger partial charge in [-0.25, -0.2) is 0 Å². The van der Waals surface area contributed by atoms with Crippen molar-refractivity contribution in [2.45, 2.75) is 5.92 Å². The number of amides is 2. The molecule has 1 heterocycles. The van der Waals surface area contributed by atoms with E-state index in [-0.39, 0.29) is 0 Å². The molecule has 2 aromatic carbocycles. The second-order valence-corrected chi connectivity index (χ2v) is 5.77. The maximum absolute atomic E-state index is 12.5. The van der Waals surface area contributed by atoms with Gasteiger partial charge in [0.2, 0.25) is 11.7 Å². The molecule has 2 N–H and O–H groups in total. The van der Waals surface area contributed by atoms with E-state index in [0.717, 1.165) is 5.69 Å². The molecule has 2 amide bonds. The standard InChI is InChI=1S/C18H17N3O3/c1-21(2)12-7-5-6-11(10-12)19-18(24)16(22)15-13-8-3-4-9-14(13)20-17(15)23/h3-10,15H,1-2H3,(H,19,24)(H,20,23). The lowest BCUT2D eigenvalue weighted by Crippen LogP contribution is -2.32. The Balaban J connectivity index is 1.80. The minimum Gasteiger partial charge on any atom is -0.378 e. The Bertz CT molecular complexity index is 830. The summed E-state index contributed by atoms with van der Waals surface area (Å²) in [6.07, 6.45) is 0. The van der Waals surface area contributed by atoms with Crippen molar-refractivity contribution in [1.29, 1.82) is 0 Å². The van der Waals surface area contributed by atoms with E-state index >= 15 is 0 Å². The summed E-state index contributed by atoms with van der Waals surface area (Å²) in [5, 5.41) is 5.19. The summed E-state index contributed by atoms with van der Waals surface area (Å²) in [6, 6.07) is 14.0. The third kappa shape index (κ3) is 2.86. The number of nitrogens with one attached hydrogen (secondary N) is 2. The zero-order chi connectivity index (χ0) is 17.3. The highest BCUT2D eigenvalue weighted by atomic mass is 16.2. The van der Waals surface area contributed by atoms with E-state index in [4.69, 9.17) is 0 Å². The van der Waals surface area contributed by atoms with E-state index in [1.165, 1.54) is 0 Å². The molecular formula is C18H17N3O3. The highest BCUT2D eigenvalue weighted by Gasteiger charge is 2.39. The van der Waals surface area contributed by atoms with Gasteiger partial charge in [-0.3, -0.25) is 14.4 Å². The van der Waals surface area contributed by atoms with Crippen molar-refractivity contribution in [3.05, 3.63) is 54.1 Å². The van der Waals surface area contributed by atoms with Crippen LogP contribution in [0.1, 0.15) is 11.5 Å². The third-order valence-corrected chi connectivity index (χ3v) is 3.90. The maximum Gasteiger partial charge on any atom is 0.292 e. The molecular weight excluding hydrogens is 306 g/mol. The van der Waals surface area contributed by atoms with Crippen LogP contribution in [0.15, 0.2) is 48.5 Å². The fourth-order valence-electron chi connectivity index (χ4n) is 2.65. The van der Waals surface area contributed by atoms with Gasteiger partial charge in [-0.05, 0) is 29.8 Å². The second-order valence-electron chi connectivity index (χ2n) is 5.77. The van der Waals surface area contributed by atoms with Gasteiger partial charge in [-0.15, -0.1) is 0 Å². The number of carbonyl (C=O) groups excluding carboxylic acids is 3. The third-order valence-electron chi connectivity index (χ3n) is 3.90. The number of para-hydroxylation sites is 1. The van der Waals surface area contributed by atoms with Crippen molar-refractivity contribution < 1.29 is 14.4 Å². The minimum absolute atomic E-state index is 0.474. The molecule has 0 saturated heterocycles. The Morgan fingerprint density at radius 2 is 1.83 bits per heavy atom. The topological polar surface area (TPSA) is 78.5 Å². The summed E-state index contributed by atoms with van der Waals surface area (Å²) in [6.45, 7) is 0. The van der Waals surface area contributed by atoms with E-state index < -0.39 is 23.5 Å². The number of Topliss-reactive ketones (excluding diaryl/α,β-unsaturated/α-hetero) is 1. The van der Waals surface area contributed by atoms with Gasteiger partial charge >= 0.3 is 0 Å². The average molecular weight is 323 g/mol. The number of carbonyl (C=O) groups is 3. The Hall–Kier alpha value is -3.15. The van der Waals surface area contributed by atoms with Crippen molar-refractivity contribution in [2.75, 3.05) is 29.6 Å². The van der Waals surface area contributed by atoms with Crippen LogP contribution < -0.4 is 15.5 Å². The van der Waals surface area contributed by atoms with Crippen LogP contribution in [0.4, 0.5) is 17.1 Å². The largest absolute Gasteiger partial charge is 0.378 e. The van der Waals surface area contributed by atoms with Crippen LogP contribution in [0.3, 0.4) is 0 Å². The molecule has 1 unspecified atom stereocenters. The zero-order valence-electron chi connectivity index (χ0n) is 13.4. The lowest BCUT2D eigenvalue weighted by atomic mass is 9.95. The predicted molar refractivity (Wildman–Crippen MR) is 92.2 cm³/mol. The van der Waals surface area contributed by atoms with Crippen LogP contribution in [-0.2, 0) is 14.4 Å². The lowest BCUT2D eigenvalue weighted by Gasteiger charge is -2.14. The van der Waals surface area contributed by atoms with Crippen LogP contribution in [0.25, 0.3) is 0 Å². The molecule has 0 aromatic heterocycles. The first-order chi connectivity index (χ1) is 11.5. The van der Waals surface area contributed by atoms with E-state index in [1.807, 2.05) is 25.1 Å². The van der Waals surface area contributed by atoms with Crippen LogP contribution in [0.2, 0.25) is 0 Å². The molecule has 2 aromatic rings. The SMILES string of the molecule is CN(C)c1cccc(NC(=O)C(=O)C2C(=O)Nc3ccccc32)c1. The molecule has 0 spiro atoms. The Labute approximate surface area is 139 Å². The molecule has 1 atom stereocenters. The van der Waals surface area contributed by atoms with Gasteiger partial charge in [0.15, 0.2) is 0 Å². The zero-order valence-corrected chi connectivity index (χ0v) is 13.4. The van der Waals surface area contributed by atoms with Gasteiger partial charge in [-0.1, -0.05) is 24.3 Å². The minimum atomic E-state index is -1.10. The molecule has 24 heavy (non-hydrogen) atoms. The summed E-state index contributed by atoms with van der Waals surface area (Å²) in [5.74, 6) is -3.15. The first kappa shape index (κ1) is 15.7. The second kappa shape index (κ2) is 6.16. The summed E-state index contributed by atoms with van der Waals surface area (Å²) in [5.41, 5.74) is 2.50. The summed E-state index contributed by atoms with van der Waals surface area (Å²) in [7, 11) is 3.76. The van der Waals surface area contributed by atoms with Gasteiger partial charge in [0, 0.05) is 31.2 Å². The number of hydrogen-bond acceptors (Lipinski definition) is 4. The molecule has 0 bridgehead atoms. The fraction of sp³-hybridized carbons (Fsp3) is 0.167. The van der Waals surface area contributed by atoms with Crippen LogP contribution in [0, 0.1) is 0 Å². The molecule has 0 aliphatic carbocycles. The number of rotatable bonds is 4. The number of ketones is 1. The number of hydrogen-bond donors (Lipinski definition) is 2. The summed E-state index contributed by atoms with van der Waals surface area (Å²) >= 11 is 0. The van der Waals surface area contributed by atoms with Crippen molar-refractivity contribution in [2.24, 2.45) is 0 Å². The molecule has 1 aliphatic heterocycles. The Kier molecular flexibility index (Phi) is 4.04. The molecule has 122 valence electrons. The number of nitrogens with zero attached hydrogens (tertiary/aromatic N) is 1. The van der Waals surface area contributed by atoms with Crippen LogP contribution in [0.5, 0.6) is 0 Å². The number of anilines is 3. The number of fused-ring (bicyclic) bond motifs is 1. The van der Waals surface area contributed by atoms with E-state index in [1.54, 1.807) is 42.5 Å². The molecule has 3 rings (SSSR count). The quantitative estimate of drug-likeness (QED) is 0.666. The molecule has 0 saturated carbocycles. The summed E-state index contributed by atoms with van der Waals surface area (Å²) < 4.78 is 0. The highest BCUT2D eigenvalue weighted by molar-refractivity contribution is 6.47.